The molecule has 0 aliphatic rings. The van der Waals surface area contributed by atoms with Gasteiger partial charge in [-0.05, 0) is 58.3 Å². The maximum absolute atomic E-state index is 10.5. The summed E-state index contributed by atoms with van der Waals surface area (Å²) in [5.41, 5.74) is 0.930. The van der Waals surface area contributed by atoms with E-state index in [0.717, 1.165) is 56.9 Å². The molecule has 1 N–H and O–H groups in total. The Bertz CT molecular complexity index is 502. The van der Waals surface area contributed by atoms with E-state index in [1.54, 1.807) is 0 Å². The van der Waals surface area contributed by atoms with Crippen LogP contribution in [0.4, 0.5) is 0 Å². The Hall–Kier alpha value is -2.09. The fourth-order valence-electron chi connectivity index (χ4n) is 2.15. The summed E-state index contributed by atoms with van der Waals surface area (Å²) in [5.74, 6) is -0.854. The standard InChI is InChI=1S/C23H34O2/c1-3-4-5-6-7-8-9-10-11-12-13-14-15-16-17-18-19-20-22(2)21-23(24)25/h4-5,7-8,10-11,13-14,16-17,21H,3,6,9,12,15,18-20H2,1-2H3,(H,24,25). The zero-order chi connectivity index (χ0) is 18.6. The number of carboxylic acid groups (broad SMARTS) is 1. The first-order chi connectivity index (χ1) is 12.2. The van der Waals surface area contributed by atoms with Crippen molar-refractivity contribution in [3.05, 3.63) is 72.4 Å². The lowest BCUT2D eigenvalue weighted by Crippen LogP contribution is -1.89. The number of hydrogen-bond acceptors (Lipinski definition) is 1. The Morgan fingerprint density at radius 2 is 1.20 bits per heavy atom. The van der Waals surface area contributed by atoms with Gasteiger partial charge in [-0.2, -0.15) is 0 Å². The first-order valence-corrected chi connectivity index (χ1v) is 9.31. The van der Waals surface area contributed by atoms with Crippen molar-refractivity contribution in [3.63, 3.8) is 0 Å². The summed E-state index contributed by atoms with van der Waals surface area (Å²) in [5, 5.41) is 8.62. The normalized spacial score (nSPS) is 13.4. The second-order valence-electron chi connectivity index (χ2n) is 5.93. The van der Waals surface area contributed by atoms with Gasteiger partial charge in [0.05, 0.1) is 0 Å². The Labute approximate surface area is 154 Å². The molecular formula is C23H34O2. The first kappa shape index (κ1) is 22.9. The number of carboxylic acids is 1. The molecule has 0 spiro atoms. The summed E-state index contributed by atoms with van der Waals surface area (Å²) in [7, 11) is 0. The first-order valence-electron chi connectivity index (χ1n) is 9.31. The Morgan fingerprint density at radius 3 is 1.64 bits per heavy atom. The van der Waals surface area contributed by atoms with E-state index < -0.39 is 5.97 Å². The van der Waals surface area contributed by atoms with Crippen molar-refractivity contribution in [1.82, 2.24) is 0 Å². The van der Waals surface area contributed by atoms with Gasteiger partial charge in [0.25, 0.3) is 0 Å². The largest absolute Gasteiger partial charge is 0.478 e. The average molecular weight is 343 g/mol. The smallest absolute Gasteiger partial charge is 0.328 e. The van der Waals surface area contributed by atoms with Crippen LogP contribution in [-0.2, 0) is 4.79 Å². The summed E-state index contributed by atoms with van der Waals surface area (Å²) in [6.07, 6.45) is 31.1. The summed E-state index contributed by atoms with van der Waals surface area (Å²) >= 11 is 0. The van der Waals surface area contributed by atoms with Crippen molar-refractivity contribution in [2.75, 3.05) is 0 Å². The molecule has 0 aromatic carbocycles. The fraction of sp³-hybridized carbons (Fsp3) is 0.435. The van der Waals surface area contributed by atoms with Crippen LogP contribution < -0.4 is 0 Å². The highest BCUT2D eigenvalue weighted by Gasteiger charge is 1.93. The van der Waals surface area contributed by atoms with Crippen molar-refractivity contribution >= 4 is 5.97 Å². The van der Waals surface area contributed by atoms with Crippen molar-refractivity contribution < 1.29 is 9.90 Å². The molecule has 0 aromatic heterocycles. The van der Waals surface area contributed by atoms with E-state index in [-0.39, 0.29) is 0 Å². The number of rotatable bonds is 14. The van der Waals surface area contributed by atoms with E-state index in [1.807, 2.05) is 6.92 Å². The number of unbranched alkanes of at least 4 members (excludes halogenated alkanes) is 1. The van der Waals surface area contributed by atoms with Crippen molar-refractivity contribution in [2.24, 2.45) is 0 Å². The van der Waals surface area contributed by atoms with Crippen molar-refractivity contribution in [3.8, 4) is 0 Å². The highest BCUT2D eigenvalue weighted by molar-refractivity contribution is 5.80. The van der Waals surface area contributed by atoms with Gasteiger partial charge in [-0.3, -0.25) is 0 Å². The third kappa shape index (κ3) is 19.9. The van der Waals surface area contributed by atoms with Crippen molar-refractivity contribution in [2.45, 2.75) is 65.2 Å². The minimum atomic E-state index is -0.854. The van der Waals surface area contributed by atoms with Crippen LogP contribution in [-0.4, -0.2) is 11.1 Å². The Balaban J connectivity index is 3.58. The molecule has 0 amide bonds. The molecule has 0 bridgehead atoms. The molecule has 0 atom stereocenters. The Morgan fingerprint density at radius 1 is 0.760 bits per heavy atom. The average Bonchev–Trinajstić information content (AvgIpc) is 2.57. The van der Waals surface area contributed by atoms with Crippen LogP contribution in [0.1, 0.15) is 65.2 Å². The summed E-state index contributed by atoms with van der Waals surface area (Å²) in [6, 6.07) is 0. The molecule has 138 valence electrons. The second kappa shape index (κ2) is 18.3. The molecule has 0 aliphatic carbocycles. The van der Waals surface area contributed by atoms with Gasteiger partial charge in [0.2, 0.25) is 0 Å². The van der Waals surface area contributed by atoms with Gasteiger partial charge in [-0.25, -0.2) is 4.79 Å². The minimum Gasteiger partial charge on any atom is -0.478 e. The highest BCUT2D eigenvalue weighted by Crippen LogP contribution is 2.07. The third-order valence-corrected chi connectivity index (χ3v) is 3.47. The molecule has 0 unspecified atom stereocenters. The van der Waals surface area contributed by atoms with Gasteiger partial charge >= 0.3 is 5.97 Å². The predicted octanol–water partition coefficient (Wildman–Crippen LogP) is 6.94. The molecule has 0 rings (SSSR count). The van der Waals surface area contributed by atoms with Gasteiger partial charge in [0, 0.05) is 6.08 Å². The monoisotopic (exact) mass is 342 g/mol. The van der Waals surface area contributed by atoms with Gasteiger partial charge in [-0.1, -0.05) is 73.3 Å². The second-order valence-corrected chi connectivity index (χ2v) is 5.93. The molecule has 0 aromatic rings. The quantitative estimate of drug-likeness (QED) is 0.211. The summed E-state index contributed by atoms with van der Waals surface area (Å²) in [4.78, 5) is 10.5. The molecule has 2 nitrogen and oxygen atoms in total. The predicted molar refractivity (Wildman–Crippen MR) is 110 cm³/mol. The van der Waals surface area contributed by atoms with E-state index in [2.05, 4.69) is 67.7 Å². The van der Waals surface area contributed by atoms with E-state index in [1.165, 1.54) is 6.08 Å². The van der Waals surface area contributed by atoms with E-state index >= 15 is 0 Å². The van der Waals surface area contributed by atoms with Crippen LogP contribution >= 0.6 is 0 Å². The van der Waals surface area contributed by atoms with Crippen LogP contribution in [0, 0.1) is 0 Å². The van der Waals surface area contributed by atoms with E-state index in [9.17, 15) is 4.79 Å². The lowest BCUT2D eigenvalue weighted by Gasteiger charge is -1.96. The van der Waals surface area contributed by atoms with Gasteiger partial charge in [-0.15, -0.1) is 0 Å². The highest BCUT2D eigenvalue weighted by atomic mass is 16.4. The van der Waals surface area contributed by atoms with Crippen LogP contribution in [0.2, 0.25) is 0 Å². The molecule has 0 aliphatic heterocycles. The summed E-state index contributed by atoms with van der Waals surface area (Å²) < 4.78 is 0. The SMILES string of the molecule is CCC=CCC=CCC=CCC=CCC=CCCCC(C)=CC(=O)O. The number of aliphatic carboxylic acids is 1. The summed E-state index contributed by atoms with van der Waals surface area (Å²) in [6.45, 7) is 4.02. The number of carbonyl (C=O) groups is 1. The Kier molecular flexibility index (Phi) is 16.7. The van der Waals surface area contributed by atoms with Gasteiger partial charge in [0.1, 0.15) is 0 Å². The minimum absolute atomic E-state index is 0.848. The van der Waals surface area contributed by atoms with Gasteiger partial charge < -0.3 is 5.11 Å². The van der Waals surface area contributed by atoms with Crippen LogP contribution in [0.15, 0.2) is 72.4 Å². The molecule has 0 fully saturated rings. The zero-order valence-electron chi connectivity index (χ0n) is 15.9. The van der Waals surface area contributed by atoms with Crippen LogP contribution in [0.25, 0.3) is 0 Å². The maximum Gasteiger partial charge on any atom is 0.328 e. The molecule has 0 heterocycles. The lowest BCUT2D eigenvalue weighted by molar-refractivity contribution is -0.131. The molecule has 0 radical (unpaired) electrons. The maximum atomic E-state index is 10.5. The van der Waals surface area contributed by atoms with Crippen molar-refractivity contribution in [1.29, 1.82) is 0 Å². The molecule has 25 heavy (non-hydrogen) atoms. The number of hydrogen-bond donors (Lipinski definition) is 1. The molecular weight excluding hydrogens is 308 g/mol. The topological polar surface area (TPSA) is 37.3 Å². The zero-order valence-corrected chi connectivity index (χ0v) is 15.9. The lowest BCUT2D eigenvalue weighted by atomic mass is 10.1. The fourth-order valence-corrected chi connectivity index (χ4v) is 2.15. The molecule has 2 heteroatoms. The third-order valence-electron chi connectivity index (χ3n) is 3.47. The molecule has 0 saturated heterocycles. The molecule has 0 saturated carbocycles. The number of allylic oxidation sites excluding steroid dienone is 11. The van der Waals surface area contributed by atoms with Crippen LogP contribution in [0.3, 0.4) is 0 Å². The van der Waals surface area contributed by atoms with Gasteiger partial charge in [0.15, 0.2) is 0 Å². The van der Waals surface area contributed by atoms with E-state index in [4.69, 9.17) is 5.11 Å². The van der Waals surface area contributed by atoms with E-state index in [0.29, 0.717) is 0 Å². The van der Waals surface area contributed by atoms with Crippen LogP contribution in [0.5, 0.6) is 0 Å².